The minimum atomic E-state index is 0.637. The van der Waals surface area contributed by atoms with Gasteiger partial charge in [0.15, 0.2) is 0 Å². The molecule has 1 aliphatic carbocycles. The van der Waals surface area contributed by atoms with E-state index in [9.17, 15) is 0 Å². The molecule has 0 amide bonds. The van der Waals surface area contributed by atoms with Gasteiger partial charge >= 0.3 is 0 Å². The highest BCUT2D eigenvalue weighted by atomic mass is 14.3. The molecule has 1 fully saturated rings. The van der Waals surface area contributed by atoms with Crippen LogP contribution in [0, 0.1) is 73.6 Å². The fraction of sp³-hybridized carbons (Fsp3) is 0.500. The number of rotatable bonds is 2. The largest absolute Gasteiger partial charge is 0.0625 e. The summed E-state index contributed by atoms with van der Waals surface area (Å²) in [5, 5.41) is 0. The molecule has 0 aliphatic heterocycles. The predicted molar refractivity (Wildman–Crippen MR) is 218 cm³/mol. The third kappa shape index (κ3) is 16.8. The third-order valence-corrected chi connectivity index (χ3v) is 9.89. The zero-order chi connectivity index (χ0) is 36.6. The molecule has 48 heavy (non-hydrogen) atoms. The zero-order valence-electron chi connectivity index (χ0n) is 34.1. The molecule has 0 aromatic heterocycles. The Morgan fingerprint density at radius 2 is 1.00 bits per heavy atom. The molecule has 0 nitrogen and oxygen atoms in total. The van der Waals surface area contributed by atoms with Gasteiger partial charge in [-0.1, -0.05) is 157 Å². The van der Waals surface area contributed by atoms with Crippen molar-refractivity contribution < 1.29 is 0 Å². The lowest BCUT2D eigenvalue weighted by Gasteiger charge is -2.32. The van der Waals surface area contributed by atoms with Gasteiger partial charge in [0.1, 0.15) is 0 Å². The van der Waals surface area contributed by atoms with Crippen LogP contribution < -0.4 is 0 Å². The fourth-order valence-corrected chi connectivity index (χ4v) is 5.86. The fourth-order valence-electron chi connectivity index (χ4n) is 5.86. The van der Waals surface area contributed by atoms with Crippen molar-refractivity contribution >= 4 is 0 Å². The van der Waals surface area contributed by atoms with Crippen molar-refractivity contribution in [2.24, 2.45) is 11.3 Å². The second-order valence-corrected chi connectivity index (χ2v) is 16.0. The Labute approximate surface area is 298 Å². The van der Waals surface area contributed by atoms with E-state index in [0.29, 0.717) is 17.3 Å². The topological polar surface area (TPSA) is 0 Å². The minimum absolute atomic E-state index is 0.637. The molecule has 4 aromatic rings. The van der Waals surface area contributed by atoms with Crippen LogP contribution in [-0.2, 0) is 0 Å². The van der Waals surface area contributed by atoms with Gasteiger partial charge in [-0.15, -0.1) is 0 Å². The standard InChI is InChI=1S/C13H20.C10H14.C9H18.C9H12.C7H8/c1-9(2)12-7-6-11(5)13(8-12)10(3)4;1-7-5-8(2)10(4)9(3)6-7;1-8-4-6-9(2,3)7-5-8;1-7-4-5-8(2)9(3)6-7;1-7-5-3-2-4-6-7/h6-10H,1-5H3;5-6H,1-4H3;8H,4-7H2,1-3H3;4-6H,1-3H3;2-6H,1H3. The molecular formula is C48H72. The van der Waals surface area contributed by atoms with Gasteiger partial charge in [-0.05, 0) is 143 Å². The Morgan fingerprint density at radius 3 is 1.40 bits per heavy atom. The lowest BCUT2D eigenvalue weighted by Crippen LogP contribution is -2.19. The second-order valence-electron chi connectivity index (χ2n) is 16.0. The molecule has 0 heterocycles. The Bertz CT molecular complexity index is 1450. The molecule has 0 N–H and O–H groups in total. The monoisotopic (exact) mass is 649 g/mol. The van der Waals surface area contributed by atoms with Gasteiger partial charge in [0.2, 0.25) is 0 Å². The average Bonchev–Trinajstić information content (AvgIpc) is 3.01. The van der Waals surface area contributed by atoms with E-state index in [1.807, 2.05) is 18.2 Å². The summed E-state index contributed by atoms with van der Waals surface area (Å²) in [5.41, 5.74) is 16.0. The summed E-state index contributed by atoms with van der Waals surface area (Å²) in [5.74, 6) is 2.27. The molecule has 264 valence electrons. The molecule has 0 unspecified atom stereocenters. The number of hydrogen-bond acceptors (Lipinski definition) is 0. The van der Waals surface area contributed by atoms with Crippen molar-refractivity contribution in [1.29, 1.82) is 0 Å². The number of aryl methyl sites for hydroxylation is 8. The summed E-state index contributed by atoms with van der Waals surface area (Å²) in [7, 11) is 0. The summed E-state index contributed by atoms with van der Waals surface area (Å²) in [6, 6.07) is 28.0. The lowest BCUT2D eigenvalue weighted by atomic mass is 9.74. The summed E-state index contributed by atoms with van der Waals surface area (Å²) in [6.07, 6.45) is 5.78. The van der Waals surface area contributed by atoms with E-state index in [2.05, 4.69) is 171 Å². The van der Waals surface area contributed by atoms with Gasteiger partial charge in [-0.2, -0.15) is 0 Å². The van der Waals surface area contributed by atoms with Gasteiger partial charge in [0.05, 0.1) is 0 Å². The first kappa shape index (κ1) is 42.9. The van der Waals surface area contributed by atoms with Crippen LogP contribution in [0.25, 0.3) is 0 Å². The highest BCUT2D eigenvalue weighted by Crippen LogP contribution is 2.37. The van der Waals surface area contributed by atoms with E-state index in [0.717, 1.165) is 5.92 Å². The van der Waals surface area contributed by atoms with Gasteiger partial charge in [-0.25, -0.2) is 0 Å². The molecular weight excluding hydrogens is 577 g/mol. The van der Waals surface area contributed by atoms with E-state index >= 15 is 0 Å². The van der Waals surface area contributed by atoms with Crippen LogP contribution >= 0.6 is 0 Å². The maximum atomic E-state index is 2.39. The second kappa shape index (κ2) is 21.1. The van der Waals surface area contributed by atoms with E-state index in [-0.39, 0.29) is 0 Å². The van der Waals surface area contributed by atoms with Gasteiger partial charge < -0.3 is 0 Å². The number of benzene rings is 4. The number of hydrogen-bond donors (Lipinski definition) is 0. The molecule has 0 spiro atoms. The Morgan fingerprint density at radius 1 is 0.500 bits per heavy atom. The van der Waals surface area contributed by atoms with Crippen molar-refractivity contribution in [2.75, 3.05) is 0 Å². The molecule has 0 radical (unpaired) electrons. The molecule has 4 aromatic carbocycles. The molecule has 0 atom stereocenters. The summed E-state index contributed by atoms with van der Waals surface area (Å²) >= 11 is 0. The van der Waals surface area contributed by atoms with Crippen molar-refractivity contribution in [3.63, 3.8) is 0 Å². The lowest BCUT2D eigenvalue weighted by molar-refractivity contribution is 0.201. The average molecular weight is 649 g/mol. The minimum Gasteiger partial charge on any atom is -0.0625 e. The Hall–Kier alpha value is -3.12. The molecule has 0 bridgehead atoms. The molecule has 5 rings (SSSR count). The molecule has 0 saturated heterocycles. The summed E-state index contributed by atoms with van der Waals surface area (Å²) < 4.78 is 0. The maximum absolute atomic E-state index is 2.39. The van der Waals surface area contributed by atoms with Crippen LogP contribution in [-0.4, -0.2) is 0 Å². The first-order valence-electron chi connectivity index (χ1n) is 18.5. The molecule has 1 aliphatic rings. The third-order valence-electron chi connectivity index (χ3n) is 9.89. The first-order chi connectivity index (χ1) is 22.3. The van der Waals surface area contributed by atoms with E-state index in [4.69, 9.17) is 0 Å². The molecule has 0 heteroatoms. The normalized spacial score (nSPS) is 13.5. The van der Waals surface area contributed by atoms with Crippen molar-refractivity contribution in [1.82, 2.24) is 0 Å². The van der Waals surface area contributed by atoms with Crippen molar-refractivity contribution in [3.05, 3.63) is 140 Å². The quantitative estimate of drug-likeness (QED) is 0.203. The van der Waals surface area contributed by atoms with Crippen LogP contribution in [0.2, 0.25) is 0 Å². The first-order valence-corrected chi connectivity index (χ1v) is 18.5. The smallest absolute Gasteiger partial charge is 0.0216 e. The van der Waals surface area contributed by atoms with Gasteiger partial charge in [0.25, 0.3) is 0 Å². The van der Waals surface area contributed by atoms with Gasteiger partial charge in [-0.3, -0.25) is 0 Å². The van der Waals surface area contributed by atoms with E-state index in [1.165, 1.54) is 86.9 Å². The van der Waals surface area contributed by atoms with Crippen molar-refractivity contribution in [2.45, 2.75) is 148 Å². The Kier molecular flexibility index (Phi) is 18.8. The van der Waals surface area contributed by atoms with Crippen LogP contribution in [0.5, 0.6) is 0 Å². The zero-order valence-corrected chi connectivity index (χ0v) is 34.1. The van der Waals surface area contributed by atoms with Gasteiger partial charge in [0, 0.05) is 0 Å². The van der Waals surface area contributed by atoms with Crippen LogP contribution in [0.3, 0.4) is 0 Å². The Balaban J connectivity index is 0.000000304. The highest BCUT2D eigenvalue weighted by Gasteiger charge is 2.24. The SMILES string of the molecule is CC1CCC(C)(C)CC1.Cc1cc(C)c(C)c(C)c1.Cc1ccc(C(C)C)cc1C(C)C.Cc1ccc(C)c(C)c1.Cc1ccccc1. The van der Waals surface area contributed by atoms with E-state index in [1.54, 1.807) is 0 Å². The van der Waals surface area contributed by atoms with E-state index < -0.39 is 0 Å². The van der Waals surface area contributed by atoms with Crippen molar-refractivity contribution in [3.8, 4) is 0 Å². The predicted octanol–water partition coefficient (Wildman–Crippen LogP) is 15.0. The van der Waals surface area contributed by atoms with Crippen LogP contribution in [0.15, 0.2) is 78.9 Å². The maximum Gasteiger partial charge on any atom is -0.0216 e. The van der Waals surface area contributed by atoms with Crippen LogP contribution in [0.1, 0.15) is 147 Å². The summed E-state index contributed by atoms with van der Waals surface area (Å²) in [4.78, 5) is 0. The van der Waals surface area contributed by atoms with Crippen LogP contribution in [0.4, 0.5) is 0 Å². The summed E-state index contributed by atoms with van der Waals surface area (Å²) in [6.45, 7) is 35.5. The highest BCUT2D eigenvalue weighted by molar-refractivity contribution is 5.36. The molecule has 1 saturated carbocycles.